The molecule has 116 valence electrons. The molecule has 1 aliphatic rings. The van der Waals surface area contributed by atoms with Gasteiger partial charge in [0, 0.05) is 11.8 Å². The Kier molecular flexibility index (Phi) is 3.31. The van der Waals surface area contributed by atoms with Crippen LogP contribution in [0.1, 0.15) is 48.1 Å². The number of primary amides is 1. The summed E-state index contributed by atoms with van der Waals surface area (Å²) in [6.45, 7) is 8.75. The number of aromatic nitrogens is 3. The first-order chi connectivity index (χ1) is 10.3. The van der Waals surface area contributed by atoms with Crippen molar-refractivity contribution in [2.24, 2.45) is 17.1 Å². The van der Waals surface area contributed by atoms with Gasteiger partial charge in [0.1, 0.15) is 0 Å². The van der Waals surface area contributed by atoms with Crippen molar-refractivity contribution in [2.75, 3.05) is 0 Å². The highest BCUT2D eigenvalue weighted by Crippen LogP contribution is 2.40. The van der Waals surface area contributed by atoms with Gasteiger partial charge in [-0.15, -0.1) is 0 Å². The van der Waals surface area contributed by atoms with Gasteiger partial charge in [0.05, 0.1) is 5.69 Å². The fourth-order valence-electron chi connectivity index (χ4n) is 3.09. The topological polar surface area (TPSA) is 73.8 Å². The molecule has 2 N–H and O–H groups in total. The van der Waals surface area contributed by atoms with Gasteiger partial charge < -0.3 is 5.73 Å². The number of amides is 1. The number of hydrogen-bond acceptors (Lipinski definition) is 3. The highest BCUT2D eigenvalue weighted by atomic mass is 16.1. The maximum Gasteiger partial charge on any atom is 0.269 e. The fourth-order valence-corrected chi connectivity index (χ4v) is 3.09. The summed E-state index contributed by atoms with van der Waals surface area (Å²) in [6, 6.07) is 3.92. The SMILES string of the molecule is Cc1ccnc(-n2nc(C(N)=O)c3c2CC(C)(C)C(C)C3)c1. The van der Waals surface area contributed by atoms with E-state index in [1.165, 1.54) is 0 Å². The van der Waals surface area contributed by atoms with Crippen molar-refractivity contribution in [3.05, 3.63) is 40.8 Å². The van der Waals surface area contributed by atoms with Crippen molar-refractivity contribution in [3.63, 3.8) is 0 Å². The van der Waals surface area contributed by atoms with E-state index in [1.54, 1.807) is 10.9 Å². The second-order valence-corrected chi connectivity index (χ2v) is 7.01. The summed E-state index contributed by atoms with van der Waals surface area (Å²) in [4.78, 5) is 16.2. The number of pyridine rings is 1. The van der Waals surface area contributed by atoms with Crippen molar-refractivity contribution in [1.82, 2.24) is 14.8 Å². The lowest BCUT2D eigenvalue weighted by molar-refractivity contribution is 0.0993. The predicted octanol–water partition coefficient (Wildman–Crippen LogP) is 2.44. The third kappa shape index (κ3) is 2.30. The minimum Gasteiger partial charge on any atom is -0.364 e. The molecule has 0 saturated carbocycles. The van der Waals surface area contributed by atoms with Gasteiger partial charge in [0.25, 0.3) is 5.91 Å². The summed E-state index contributed by atoms with van der Waals surface area (Å²) in [7, 11) is 0. The largest absolute Gasteiger partial charge is 0.364 e. The van der Waals surface area contributed by atoms with E-state index < -0.39 is 5.91 Å². The van der Waals surface area contributed by atoms with Crippen LogP contribution in [-0.2, 0) is 12.8 Å². The molecule has 5 nitrogen and oxygen atoms in total. The molecule has 1 aliphatic carbocycles. The summed E-state index contributed by atoms with van der Waals surface area (Å²) in [5.41, 5.74) is 9.25. The van der Waals surface area contributed by atoms with Crippen LogP contribution in [0, 0.1) is 18.3 Å². The van der Waals surface area contributed by atoms with E-state index in [9.17, 15) is 4.79 Å². The Morgan fingerprint density at radius 3 is 2.82 bits per heavy atom. The summed E-state index contributed by atoms with van der Waals surface area (Å²) in [5.74, 6) is 0.755. The van der Waals surface area contributed by atoms with Gasteiger partial charge in [-0.05, 0) is 48.8 Å². The molecule has 0 bridgehead atoms. The first kappa shape index (κ1) is 14.8. The van der Waals surface area contributed by atoms with Gasteiger partial charge in [-0.1, -0.05) is 20.8 Å². The highest BCUT2D eigenvalue weighted by molar-refractivity contribution is 5.92. The molecule has 0 radical (unpaired) electrons. The van der Waals surface area contributed by atoms with Crippen LogP contribution in [0.25, 0.3) is 5.82 Å². The van der Waals surface area contributed by atoms with Gasteiger partial charge in [0.2, 0.25) is 0 Å². The molecular weight excluding hydrogens is 276 g/mol. The van der Waals surface area contributed by atoms with Gasteiger partial charge in [-0.25, -0.2) is 9.67 Å². The Morgan fingerprint density at radius 2 is 2.18 bits per heavy atom. The second-order valence-electron chi connectivity index (χ2n) is 7.01. The van der Waals surface area contributed by atoms with E-state index in [2.05, 4.69) is 30.9 Å². The number of carbonyl (C=O) groups excluding carboxylic acids is 1. The van der Waals surface area contributed by atoms with Crippen LogP contribution in [-0.4, -0.2) is 20.7 Å². The zero-order valence-corrected chi connectivity index (χ0v) is 13.6. The van der Waals surface area contributed by atoms with E-state index in [1.807, 2.05) is 19.1 Å². The molecule has 0 aliphatic heterocycles. The number of carbonyl (C=O) groups is 1. The molecule has 1 atom stereocenters. The minimum atomic E-state index is -0.463. The van der Waals surface area contributed by atoms with Crippen LogP contribution in [0.4, 0.5) is 0 Å². The zero-order chi connectivity index (χ0) is 16.1. The molecule has 0 saturated heterocycles. The third-order valence-electron chi connectivity index (χ3n) is 4.91. The van der Waals surface area contributed by atoms with Gasteiger partial charge >= 0.3 is 0 Å². The summed E-state index contributed by atoms with van der Waals surface area (Å²) < 4.78 is 1.80. The Morgan fingerprint density at radius 1 is 1.45 bits per heavy atom. The third-order valence-corrected chi connectivity index (χ3v) is 4.91. The highest BCUT2D eigenvalue weighted by Gasteiger charge is 2.37. The maximum absolute atomic E-state index is 11.8. The zero-order valence-electron chi connectivity index (χ0n) is 13.6. The van der Waals surface area contributed by atoms with E-state index in [4.69, 9.17) is 5.73 Å². The van der Waals surface area contributed by atoms with E-state index in [0.717, 1.165) is 35.5 Å². The summed E-state index contributed by atoms with van der Waals surface area (Å²) >= 11 is 0. The molecule has 0 spiro atoms. The van der Waals surface area contributed by atoms with Crippen molar-refractivity contribution in [3.8, 4) is 5.82 Å². The molecule has 2 aromatic heterocycles. The average Bonchev–Trinajstić information content (AvgIpc) is 2.77. The van der Waals surface area contributed by atoms with Crippen molar-refractivity contribution in [1.29, 1.82) is 0 Å². The normalized spacial score (nSPS) is 19.7. The predicted molar refractivity (Wildman–Crippen MR) is 85.0 cm³/mol. The maximum atomic E-state index is 11.8. The van der Waals surface area contributed by atoms with Crippen LogP contribution in [0.3, 0.4) is 0 Å². The smallest absolute Gasteiger partial charge is 0.269 e. The number of nitrogens with zero attached hydrogens (tertiary/aromatic N) is 3. The molecule has 0 fully saturated rings. The number of rotatable bonds is 2. The monoisotopic (exact) mass is 298 g/mol. The lowest BCUT2D eigenvalue weighted by Crippen LogP contribution is -2.32. The van der Waals surface area contributed by atoms with Gasteiger partial charge in [-0.3, -0.25) is 4.79 Å². The number of nitrogens with two attached hydrogens (primary N) is 1. The van der Waals surface area contributed by atoms with Crippen molar-refractivity contribution < 1.29 is 4.79 Å². The van der Waals surface area contributed by atoms with Crippen LogP contribution in [0.2, 0.25) is 0 Å². The van der Waals surface area contributed by atoms with Crippen LogP contribution in [0.15, 0.2) is 18.3 Å². The standard InChI is InChI=1S/C17H22N4O/c1-10-5-6-19-14(7-10)21-13-9-17(3,4)11(2)8-12(13)15(20-21)16(18)22/h5-7,11H,8-9H2,1-4H3,(H2,18,22). The number of aryl methyl sites for hydroxylation is 1. The minimum absolute atomic E-state index is 0.156. The van der Waals surface area contributed by atoms with Crippen LogP contribution in [0.5, 0.6) is 0 Å². The average molecular weight is 298 g/mol. The lowest BCUT2D eigenvalue weighted by Gasteiger charge is -2.36. The molecule has 0 aromatic carbocycles. The van der Waals surface area contributed by atoms with Crippen LogP contribution >= 0.6 is 0 Å². The molecule has 5 heteroatoms. The molecule has 3 rings (SSSR count). The quantitative estimate of drug-likeness (QED) is 0.925. The molecule has 1 unspecified atom stereocenters. The molecule has 2 heterocycles. The first-order valence-electron chi connectivity index (χ1n) is 7.63. The lowest BCUT2D eigenvalue weighted by atomic mass is 9.69. The summed E-state index contributed by atoms with van der Waals surface area (Å²) in [5, 5.41) is 4.48. The summed E-state index contributed by atoms with van der Waals surface area (Å²) in [6.07, 6.45) is 3.45. The molecule has 1 amide bonds. The number of fused-ring (bicyclic) bond motifs is 1. The van der Waals surface area contributed by atoms with Gasteiger partial charge in [-0.2, -0.15) is 5.10 Å². The van der Waals surface area contributed by atoms with Crippen LogP contribution < -0.4 is 5.73 Å². The molecular formula is C17H22N4O. The molecule has 22 heavy (non-hydrogen) atoms. The Hall–Kier alpha value is -2.17. The van der Waals surface area contributed by atoms with Crippen molar-refractivity contribution in [2.45, 2.75) is 40.5 Å². The van der Waals surface area contributed by atoms with E-state index >= 15 is 0 Å². The first-order valence-corrected chi connectivity index (χ1v) is 7.63. The Bertz CT molecular complexity index is 745. The Balaban J connectivity index is 2.21. The van der Waals surface area contributed by atoms with E-state index in [-0.39, 0.29) is 5.41 Å². The Labute approximate surface area is 130 Å². The number of hydrogen-bond donors (Lipinski definition) is 1. The fraction of sp³-hybridized carbons (Fsp3) is 0.471. The van der Waals surface area contributed by atoms with E-state index in [0.29, 0.717) is 11.6 Å². The molecule has 2 aromatic rings. The van der Waals surface area contributed by atoms with Gasteiger partial charge in [0.15, 0.2) is 11.5 Å². The van der Waals surface area contributed by atoms with Crippen molar-refractivity contribution >= 4 is 5.91 Å². The second kappa shape index (κ2) is 4.93.